The highest BCUT2D eigenvalue weighted by molar-refractivity contribution is 7.10. The van der Waals surface area contributed by atoms with Gasteiger partial charge in [0, 0.05) is 11.3 Å². The molecule has 1 heterocycles. The molecule has 94 valence electrons. The van der Waals surface area contributed by atoms with Crippen LogP contribution in [0.25, 0.3) is 0 Å². The van der Waals surface area contributed by atoms with Gasteiger partial charge in [-0.2, -0.15) is 8.78 Å². The van der Waals surface area contributed by atoms with Gasteiger partial charge in [-0.15, -0.1) is 11.3 Å². The van der Waals surface area contributed by atoms with E-state index in [2.05, 4.69) is 4.74 Å². The van der Waals surface area contributed by atoms with Gasteiger partial charge in [-0.1, -0.05) is 18.2 Å². The monoisotopic (exact) mass is 268 g/mol. The van der Waals surface area contributed by atoms with Crippen LogP contribution in [0.3, 0.4) is 0 Å². The van der Waals surface area contributed by atoms with Gasteiger partial charge < -0.3 is 4.74 Å². The first-order valence-corrected chi connectivity index (χ1v) is 6.14. The van der Waals surface area contributed by atoms with Crippen LogP contribution in [0.1, 0.15) is 15.2 Å². The van der Waals surface area contributed by atoms with Crippen LogP contribution < -0.4 is 4.74 Å². The van der Waals surface area contributed by atoms with E-state index in [-0.39, 0.29) is 23.5 Å². The topological polar surface area (TPSA) is 26.3 Å². The highest BCUT2D eigenvalue weighted by atomic mass is 32.1. The number of alkyl halides is 2. The van der Waals surface area contributed by atoms with Crippen LogP contribution in [-0.4, -0.2) is 12.4 Å². The Morgan fingerprint density at radius 2 is 2.00 bits per heavy atom. The maximum absolute atomic E-state index is 12.2. The zero-order valence-electron chi connectivity index (χ0n) is 9.31. The fourth-order valence-corrected chi connectivity index (χ4v) is 2.27. The summed E-state index contributed by atoms with van der Waals surface area (Å²) in [5, 5.41) is 1.87. The minimum absolute atomic E-state index is 0.0749. The van der Waals surface area contributed by atoms with E-state index in [0.29, 0.717) is 0 Å². The van der Waals surface area contributed by atoms with Crippen molar-refractivity contribution >= 4 is 17.1 Å². The number of hydrogen-bond acceptors (Lipinski definition) is 3. The molecule has 2 rings (SSSR count). The second-order valence-corrected chi connectivity index (χ2v) is 4.59. The average Bonchev–Trinajstić information content (AvgIpc) is 2.81. The Bertz CT molecular complexity index is 524. The minimum atomic E-state index is -2.93. The molecule has 1 aromatic heterocycles. The van der Waals surface area contributed by atoms with Crippen molar-refractivity contribution in [2.45, 2.75) is 13.0 Å². The molecule has 5 heteroatoms. The number of ketones is 1. The molecule has 0 spiro atoms. The molecule has 0 amide bonds. The molecule has 0 saturated heterocycles. The third-order valence-corrected chi connectivity index (χ3v) is 3.19. The summed E-state index contributed by atoms with van der Waals surface area (Å²) < 4.78 is 28.8. The summed E-state index contributed by atoms with van der Waals surface area (Å²) in [5.41, 5.74) is 0.186. The largest absolute Gasteiger partial charge is 0.434 e. The lowest BCUT2D eigenvalue weighted by Crippen LogP contribution is -2.09. The Kier molecular flexibility index (Phi) is 4.04. The van der Waals surface area contributed by atoms with Gasteiger partial charge >= 0.3 is 6.61 Å². The quantitative estimate of drug-likeness (QED) is 0.771. The van der Waals surface area contributed by atoms with Crippen molar-refractivity contribution in [2.24, 2.45) is 0 Å². The van der Waals surface area contributed by atoms with Gasteiger partial charge in [0.1, 0.15) is 5.75 Å². The summed E-state index contributed by atoms with van der Waals surface area (Å²) in [6, 6.07) is 9.72. The van der Waals surface area contributed by atoms with Crippen molar-refractivity contribution in [2.75, 3.05) is 0 Å². The highest BCUT2D eigenvalue weighted by Gasteiger charge is 2.15. The predicted molar refractivity (Wildman–Crippen MR) is 65.4 cm³/mol. The normalized spacial score (nSPS) is 10.6. The van der Waals surface area contributed by atoms with E-state index in [1.165, 1.54) is 23.5 Å². The first-order valence-electron chi connectivity index (χ1n) is 5.26. The zero-order chi connectivity index (χ0) is 13.0. The Morgan fingerprint density at radius 1 is 1.22 bits per heavy atom. The van der Waals surface area contributed by atoms with Gasteiger partial charge in [0.2, 0.25) is 0 Å². The van der Waals surface area contributed by atoms with Crippen molar-refractivity contribution in [3.05, 3.63) is 52.2 Å². The molecule has 0 aliphatic heterocycles. The molecule has 0 bridgehead atoms. The Labute approximate surface area is 107 Å². The standard InChI is InChI=1S/C13H10F2O2S/c14-13(15)17-12-6-2-1-5-10(12)11(16)8-9-4-3-7-18-9/h1-7,13H,8H2. The lowest BCUT2D eigenvalue weighted by Gasteiger charge is -2.09. The fraction of sp³-hybridized carbons (Fsp3) is 0.154. The van der Waals surface area contributed by atoms with E-state index < -0.39 is 6.61 Å². The maximum atomic E-state index is 12.2. The molecule has 0 saturated carbocycles. The number of Topliss-reactive ketones (excluding diaryl/α,β-unsaturated/α-hetero) is 1. The molecule has 0 fully saturated rings. The molecule has 0 unspecified atom stereocenters. The van der Waals surface area contributed by atoms with Crippen LogP contribution in [0.4, 0.5) is 8.78 Å². The molecule has 0 aliphatic carbocycles. The summed E-state index contributed by atoms with van der Waals surface area (Å²) in [6.45, 7) is -2.93. The fourth-order valence-electron chi connectivity index (χ4n) is 1.56. The third-order valence-electron chi connectivity index (χ3n) is 2.32. The van der Waals surface area contributed by atoms with Gasteiger partial charge in [-0.3, -0.25) is 4.79 Å². The molecule has 2 nitrogen and oxygen atoms in total. The molecular weight excluding hydrogens is 258 g/mol. The Balaban J connectivity index is 2.19. The molecule has 2 aromatic rings. The Morgan fingerprint density at radius 3 is 2.67 bits per heavy atom. The van der Waals surface area contributed by atoms with Crippen LogP contribution in [0.2, 0.25) is 0 Å². The number of benzene rings is 1. The van der Waals surface area contributed by atoms with Crippen molar-refractivity contribution in [1.29, 1.82) is 0 Å². The van der Waals surface area contributed by atoms with Gasteiger partial charge in [-0.05, 0) is 23.6 Å². The number of hydrogen-bond donors (Lipinski definition) is 0. The van der Waals surface area contributed by atoms with Gasteiger partial charge in [0.25, 0.3) is 0 Å². The van der Waals surface area contributed by atoms with Crippen LogP contribution in [-0.2, 0) is 6.42 Å². The number of carbonyl (C=O) groups excluding carboxylic acids is 1. The van der Waals surface area contributed by atoms with E-state index in [9.17, 15) is 13.6 Å². The van der Waals surface area contributed by atoms with E-state index >= 15 is 0 Å². The predicted octanol–water partition coefficient (Wildman–Crippen LogP) is 3.77. The van der Waals surface area contributed by atoms with Crippen molar-refractivity contribution in [3.63, 3.8) is 0 Å². The first-order chi connectivity index (χ1) is 8.66. The number of ether oxygens (including phenoxy) is 1. The van der Waals surface area contributed by atoms with Gasteiger partial charge in [0.05, 0.1) is 5.56 Å². The van der Waals surface area contributed by atoms with Crippen LogP contribution in [0, 0.1) is 0 Å². The van der Waals surface area contributed by atoms with Gasteiger partial charge in [-0.25, -0.2) is 0 Å². The summed E-state index contributed by atoms with van der Waals surface area (Å²) in [4.78, 5) is 12.9. The second kappa shape index (κ2) is 5.73. The van der Waals surface area contributed by atoms with E-state index in [1.807, 2.05) is 17.5 Å². The molecule has 0 atom stereocenters. The molecule has 0 radical (unpaired) electrons. The minimum Gasteiger partial charge on any atom is -0.434 e. The molecule has 1 aromatic carbocycles. The lowest BCUT2D eigenvalue weighted by atomic mass is 10.1. The maximum Gasteiger partial charge on any atom is 0.387 e. The number of para-hydroxylation sites is 1. The first kappa shape index (κ1) is 12.7. The van der Waals surface area contributed by atoms with Crippen molar-refractivity contribution in [1.82, 2.24) is 0 Å². The Hall–Kier alpha value is -1.75. The number of thiophene rings is 1. The number of carbonyl (C=O) groups is 1. The average molecular weight is 268 g/mol. The smallest absolute Gasteiger partial charge is 0.387 e. The van der Waals surface area contributed by atoms with E-state index in [1.54, 1.807) is 12.1 Å². The van der Waals surface area contributed by atoms with E-state index in [4.69, 9.17) is 0 Å². The summed E-state index contributed by atoms with van der Waals surface area (Å²) >= 11 is 1.46. The zero-order valence-corrected chi connectivity index (χ0v) is 10.1. The van der Waals surface area contributed by atoms with Crippen molar-refractivity contribution < 1.29 is 18.3 Å². The summed E-state index contributed by atoms with van der Waals surface area (Å²) in [7, 11) is 0. The SMILES string of the molecule is O=C(Cc1cccs1)c1ccccc1OC(F)F. The number of halogens is 2. The molecule has 0 aliphatic rings. The molecular formula is C13H10F2O2S. The molecule has 0 N–H and O–H groups in total. The third kappa shape index (κ3) is 3.13. The van der Waals surface area contributed by atoms with E-state index in [0.717, 1.165) is 4.88 Å². The second-order valence-electron chi connectivity index (χ2n) is 3.55. The number of rotatable bonds is 5. The summed E-state index contributed by atoms with van der Waals surface area (Å²) in [5.74, 6) is -0.303. The lowest BCUT2D eigenvalue weighted by molar-refractivity contribution is -0.0501. The van der Waals surface area contributed by atoms with Gasteiger partial charge in [0.15, 0.2) is 5.78 Å². The molecule has 18 heavy (non-hydrogen) atoms. The van der Waals surface area contributed by atoms with Crippen LogP contribution in [0.15, 0.2) is 41.8 Å². The van der Waals surface area contributed by atoms with Crippen molar-refractivity contribution in [3.8, 4) is 5.75 Å². The van der Waals surface area contributed by atoms with Crippen LogP contribution >= 0.6 is 11.3 Å². The highest BCUT2D eigenvalue weighted by Crippen LogP contribution is 2.22. The van der Waals surface area contributed by atoms with Crippen LogP contribution in [0.5, 0.6) is 5.75 Å². The summed E-state index contributed by atoms with van der Waals surface area (Å²) in [6.07, 6.45) is 0.196.